The summed E-state index contributed by atoms with van der Waals surface area (Å²) in [5.41, 5.74) is 0.957. The fourth-order valence-electron chi connectivity index (χ4n) is 3.95. The van der Waals surface area contributed by atoms with Gasteiger partial charge in [-0.2, -0.15) is 0 Å². The van der Waals surface area contributed by atoms with Crippen LogP contribution in [-0.2, 0) is 27.8 Å². The lowest BCUT2D eigenvalue weighted by molar-refractivity contribution is -0.142. The van der Waals surface area contributed by atoms with Gasteiger partial charge in [0.15, 0.2) is 0 Å². The summed E-state index contributed by atoms with van der Waals surface area (Å²) in [5, 5.41) is 10.5. The molecule has 4 rings (SSSR count). The molecule has 4 aromatic rings. The van der Waals surface area contributed by atoms with Crippen molar-refractivity contribution in [1.29, 1.82) is 0 Å². The van der Waals surface area contributed by atoms with E-state index < -0.39 is 27.9 Å². The van der Waals surface area contributed by atoms with Gasteiger partial charge in [0.2, 0.25) is 0 Å². The molecule has 0 aliphatic carbocycles. The first-order chi connectivity index (χ1) is 17.7. The zero-order valence-electron chi connectivity index (χ0n) is 19.4. The van der Waals surface area contributed by atoms with E-state index in [2.05, 4.69) is 0 Å². The van der Waals surface area contributed by atoms with E-state index in [1.165, 1.54) is 48.7 Å². The Morgan fingerprint density at radius 2 is 1.54 bits per heavy atom. The van der Waals surface area contributed by atoms with Crippen molar-refractivity contribution in [2.75, 3.05) is 0 Å². The zero-order valence-corrected chi connectivity index (χ0v) is 21.7. The lowest BCUT2D eigenvalue weighted by Crippen LogP contribution is -2.46. The Morgan fingerprint density at radius 1 is 0.892 bits per heavy atom. The van der Waals surface area contributed by atoms with Crippen molar-refractivity contribution in [3.63, 3.8) is 0 Å². The maximum Gasteiger partial charge on any atom is 0.326 e. The van der Waals surface area contributed by atoms with Gasteiger partial charge in [0.05, 0.1) is 27.7 Å². The number of aromatic nitrogens is 1. The molecule has 7 nitrogen and oxygen atoms in total. The molecule has 1 amide bonds. The van der Waals surface area contributed by atoms with Gasteiger partial charge in [0.25, 0.3) is 15.9 Å². The summed E-state index contributed by atoms with van der Waals surface area (Å²) in [6, 6.07) is 22.7. The molecule has 0 saturated heterocycles. The Morgan fingerprint density at radius 3 is 2.16 bits per heavy atom. The van der Waals surface area contributed by atoms with Gasteiger partial charge in [0.1, 0.15) is 6.04 Å². The number of amides is 1. The highest BCUT2D eigenvalue weighted by Gasteiger charge is 2.33. The third kappa shape index (κ3) is 5.88. The average molecular weight is 557 g/mol. The number of carbonyl (C=O) groups is 2. The second-order valence-electron chi connectivity index (χ2n) is 8.21. The minimum Gasteiger partial charge on any atom is -0.480 e. The largest absolute Gasteiger partial charge is 0.480 e. The van der Waals surface area contributed by atoms with E-state index in [-0.39, 0.29) is 34.1 Å². The molecule has 37 heavy (non-hydrogen) atoms. The van der Waals surface area contributed by atoms with Crippen LogP contribution in [0.5, 0.6) is 0 Å². The van der Waals surface area contributed by atoms with Crippen molar-refractivity contribution >= 4 is 45.1 Å². The Hall–Kier alpha value is -3.59. The van der Waals surface area contributed by atoms with Gasteiger partial charge in [-0.15, -0.1) is 0 Å². The number of rotatable bonds is 9. The number of hydrogen-bond donors (Lipinski definition) is 1. The summed E-state index contributed by atoms with van der Waals surface area (Å²) in [7, 11) is -3.99. The van der Waals surface area contributed by atoms with E-state index >= 15 is 0 Å². The third-order valence-corrected chi connectivity index (χ3v) is 8.07. The molecule has 0 aliphatic heterocycles. The SMILES string of the molecule is O=C(O)C(Cc1ccccc1)N(Cc1cccn1S(=O)(=O)c1ccccc1)C(=O)c1ccc(Cl)cc1Cl. The van der Waals surface area contributed by atoms with Crippen LogP contribution in [0.2, 0.25) is 10.0 Å². The summed E-state index contributed by atoms with van der Waals surface area (Å²) >= 11 is 12.3. The number of carbonyl (C=O) groups excluding carboxylic acids is 1. The predicted molar refractivity (Wildman–Crippen MR) is 141 cm³/mol. The molecule has 0 spiro atoms. The minimum atomic E-state index is -3.99. The standard InChI is InChI=1S/C27H22Cl2N2O5S/c28-20-13-14-23(24(29)17-20)26(32)30(25(27(33)34)16-19-8-3-1-4-9-19)18-21-10-7-15-31(21)37(35,36)22-11-5-2-6-12-22/h1-15,17,25H,16,18H2,(H,33,34). The summed E-state index contributed by atoms with van der Waals surface area (Å²) in [6.45, 7) is -0.305. The van der Waals surface area contributed by atoms with Crippen LogP contribution in [0.4, 0.5) is 0 Å². The van der Waals surface area contributed by atoms with Gasteiger partial charge in [-0.3, -0.25) is 4.79 Å². The molecule has 10 heteroatoms. The van der Waals surface area contributed by atoms with E-state index in [9.17, 15) is 23.1 Å². The number of halogens is 2. The van der Waals surface area contributed by atoms with E-state index in [1.54, 1.807) is 48.5 Å². The Bertz CT molecular complexity index is 1520. The zero-order chi connectivity index (χ0) is 26.6. The lowest BCUT2D eigenvalue weighted by atomic mass is 10.0. The molecule has 1 atom stereocenters. The number of aliphatic carboxylic acids is 1. The number of hydrogen-bond acceptors (Lipinski definition) is 4. The first-order valence-electron chi connectivity index (χ1n) is 11.2. The molecule has 3 aromatic carbocycles. The number of benzene rings is 3. The normalized spacial score (nSPS) is 12.2. The monoisotopic (exact) mass is 556 g/mol. The smallest absolute Gasteiger partial charge is 0.326 e. The van der Waals surface area contributed by atoms with Gasteiger partial charge in [0, 0.05) is 17.6 Å². The van der Waals surface area contributed by atoms with Crippen molar-refractivity contribution in [2.24, 2.45) is 0 Å². The van der Waals surface area contributed by atoms with Gasteiger partial charge in [-0.25, -0.2) is 17.2 Å². The van der Waals surface area contributed by atoms with Crippen LogP contribution < -0.4 is 0 Å². The van der Waals surface area contributed by atoms with Crippen molar-refractivity contribution in [2.45, 2.75) is 23.9 Å². The molecule has 1 N–H and O–H groups in total. The number of nitrogens with zero attached hydrogens (tertiary/aromatic N) is 2. The third-order valence-electron chi connectivity index (χ3n) is 5.78. The van der Waals surface area contributed by atoms with Crippen LogP contribution in [0.3, 0.4) is 0 Å². The van der Waals surface area contributed by atoms with E-state index in [4.69, 9.17) is 23.2 Å². The molecule has 190 valence electrons. The molecule has 0 radical (unpaired) electrons. The molecule has 1 aromatic heterocycles. The Balaban J connectivity index is 1.79. The number of carboxylic acids is 1. The van der Waals surface area contributed by atoms with Crippen LogP contribution in [0.15, 0.2) is 102 Å². The summed E-state index contributed by atoms with van der Waals surface area (Å²) in [5.74, 6) is -1.92. The average Bonchev–Trinajstić information content (AvgIpc) is 3.36. The molecular weight excluding hydrogens is 535 g/mol. The van der Waals surface area contributed by atoms with Crippen molar-refractivity contribution in [3.8, 4) is 0 Å². The molecule has 0 aliphatic rings. The highest BCUT2D eigenvalue weighted by atomic mass is 35.5. The number of carboxylic acid groups (broad SMARTS) is 1. The summed E-state index contributed by atoms with van der Waals surface area (Å²) < 4.78 is 27.7. The van der Waals surface area contributed by atoms with Gasteiger partial charge >= 0.3 is 5.97 Å². The first-order valence-corrected chi connectivity index (χ1v) is 13.4. The van der Waals surface area contributed by atoms with Gasteiger partial charge in [-0.1, -0.05) is 71.7 Å². The van der Waals surface area contributed by atoms with Gasteiger partial charge in [-0.05, 0) is 48.0 Å². The molecule has 1 unspecified atom stereocenters. The first kappa shape index (κ1) is 26.5. The highest BCUT2D eigenvalue weighted by molar-refractivity contribution is 7.90. The fourth-order valence-corrected chi connectivity index (χ4v) is 5.82. The molecule has 1 heterocycles. The molecule has 0 bridgehead atoms. The quantitative estimate of drug-likeness (QED) is 0.299. The molecule has 0 fully saturated rings. The highest BCUT2D eigenvalue weighted by Crippen LogP contribution is 2.26. The van der Waals surface area contributed by atoms with Crippen molar-refractivity contribution in [1.82, 2.24) is 8.87 Å². The summed E-state index contributed by atoms with van der Waals surface area (Å²) in [6.07, 6.45) is 1.36. The van der Waals surface area contributed by atoms with E-state index in [1.807, 2.05) is 0 Å². The lowest BCUT2D eigenvalue weighted by Gasteiger charge is -2.30. The minimum absolute atomic E-state index is 0.000728. The van der Waals surface area contributed by atoms with Crippen LogP contribution in [0.1, 0.15) is 21.6 Å². The maximum absolute atomic E-state index is 13.7. The van der Waals surface area contributed by atoms with E-state index in [0.717, 1.165) is 8.87 Å². The molecular formula is C27H22Cl2N2O5S. The van der Waals surface area contributed by atoms with Crippen LogP contribution in [0, 0.1) is 0 Å². The van der Waals surface area contributed by atoms with Crippen LogP contribution in [0.25, 0.3) is 0 Å². The fraction of sp³-hybridized carbons (Fsp3) is 0.111. The van der Waals surface area contributed by atoms with E-state index in [0.29, 0.717) is 10.6 Å². The predicted octanol–water partition coefficient (Wildman–Crippen LogP) is 5.37. The molecule has 0 saturated carbocycles. The topological polar surface area (TPSA) is 96.7 Å². The van der Waals surface area contributed by atoms with Gasteiger partial charge < -0.3 is 10.0 Å². The van der Waals surface area contributed by atoms with Crippen molar-refractivity contribution in [3.05, 3.63) is 124 Å². The Kier molecular flexibility index (Phi) is 8.02. The maximum atomic E-state index is 13.7. The summed E-state index contributed by atoms with van der Waals surface area (Å²) in [4.78, 5) is 27.4. The second kappa shape index (κ2) is 11.2. The van der Waals surface area contributed by atoms with Crippen LogP contribution >= 0.6 is 23.2 Å². The Labute approximate surface area is 224 Å². The van der Waals surface area contributed by atoms with Crippen LogP contribution in [-0.4, -0.2) is 40.3 Å². The van der Waals surface area contributed by atoms with Crippen molar-refractivity contribution < 1.29 is 23.1 Å². The second-order valence-corrected chi connectivity index (χ2v) is 10.9.